The predicted octanol–water partition coefficient (Wildman–Crippen LogP) is 6.22. The third-order valence-corrected chi connectivity index (χ3v) is 6.81. The molecule has 1 aromatic heterocycles. The van der Waals surface area contributed by atoms with Crippen molar-refractivity contribution < 1.29 is 9.53 Å². The molecule has 2 N–H and O–H groups in total. The summed E-state index contributed by atoms with van der Waals surface area (Å²) < 4.78 is 7.49. The summed E-state index contributed by atoms with van der Waals surface area (Å²) in [5, 5.41) is 7.35. The zero-order valence-corrected chi connectivity index (χ0v) is 21.8. The molecule has 0 spiro atoms. The summed E-state index contributed by atoms with van der Waals surface area (Å²) >= 11 is 1.13. The monoisotopic (exact) mass is 498 g/mol. The Hall–Kier alpha value is -3.84. The number of ether oxygens (including phenoxy) is 1. The lowest BCUT2D eigenvalue weighted by Gasteiger charge is -2.32. The first kappa shape index (κ1) is 25.3. The summed E-state index contributed by atoms with van der Waals surface area (Å²) in [5.41, 5.74) is 10.00. The Labute approximate surface area is 215 Å². The van der Waals surface area contributed by atoms with Crippen molar-refractivity contribution in [3.8, 4) is 11.4 Å². The number of rotatable bonds is 7. The minimum absolute atomic E-state index is 0.179. The van der Waals surface area contributed by atoms with Crippen molar-refractivity contribution in [3.63, 3.8) is 0 Å². The smallest absolute Gasteiger partial charge is 0.254 e. The largest absolute Gasteiger partial charge is 0.494 e. The van der Waals surface area contributed by atoms with Crippen molar-refractivity contribution in [2.75, 3.05) is 7.11 Å². The van der Waals surface area contributed by atoms with Gasteiger partial charge in [-0.3, -0.25) is 4.79 Å². The summed E-state index contributed by atoms with van der Waals surface area (Å²) in [5.74, 6) is 0.215. The fourth-order valence-electron chi connectivity index (χ4n) is 4.53. The number of hydrogen-bond donors (Lipinski definition) is 1. The Kier molecular flexibility index (Phi) is 7.31. The summed E-state index contributed by atoms with van der Waals surface area (Å²) in [6.07, 6.45) is 1.84. The second-order valence-electron chi connectivity index (χ2n) is 9.16. The number of methoxy groups -OCH3 is 1. The van der Waals surface area contributed by atoms with Crippen molar-refractivity contribution in [2.45, 2.75) is 26.7 Å². The highest BCUT2D eigenvalue weighted by atomic mass is 32.2. The van der Waals surface area contributed by atoms with Gasteiger partial charge < -0.3 is 10.5 Å². The van der Waals surface area contributed by atoms with Gasteiger partial charge in [0.1, 0.15) is 11.4 Å². The SMILES string of the molecule is C=CSC(N)=NC(=O)C(C)(C)[C@@H](c1ccccc1)c1ccc2c(cnn2-c2ccc(C)cc2OC)c1. The van der Waals surface area contributed by atoms with Crippen LogP contribution in [0, 0.1) is 12.3 Å². The van der Waals surface area contributed by atoms with Crippen LogP contribution in [0.1, 0.15) is 36.5 Å². The number of thioether (sulfide) groups is 1. The van der Waals surface area contributed by atoms with E-state index in [1.54, 1.807) is 12.5 Å². The van der Waals surface area contributed by atoms with Crippen LogP contribution in [0.3, 0.4) is 0 Å². The molecule has 4 aromatic rings. The van der Waals surface area contributed by atoms with Crippen LogP contribution in [0.4, 0.5) is 0 Å². The lowest BCUT2D eigenvalue weighted by atomic mass is 9.70. The Morgan fingerprint density at radius 1 is 1.14 bits per heavy atom. The van der Waals surface area contributed by atoms with E-state index in [9.17, 15) is 4.79 Å². The molecule has 0 saturated carbocycles. The highest BCUT2D eigenvalue weighted by Gasteiger charge is 2.39. The molecule has 6 nitrogen and oxygen atoms in total. The second-order valence-corrected chi connectivity index (χ2v) is 10.1. The number of benzene rings is 3. The van der Waals surface area contributed by atoms with Crippen molar-refractivity contribution in [1.82, 2.24) is 9.78 Å². The molecule has 7 heteroatoms. The first-order valence-corrected chi connectivity index (χ1v) is 12.5. The van der Waals surface area contributed by atoms with Crippen LogP contribution in [0.25, 0.3) is 16.6 Å². The fraction of sp³-hybridized carbons (Fsp3) is 0.207. The standard InChI is InChI=1S/C29H30N4O2S/c1-6-36-28(30)32-27(34)29(3,4)26(20-10-8-7-9-11-20)21-13-15-23-22(17-21)18-31-33(23)24-14-12-19(2)16-25(24)35-5/h6-18,26H,1H2,2-5H3,(H2,30,32,34)/t26-/m0/s1. The molecule has 4 rings (SSSR count). The van der Waals surface area contributed by atoms with Gasteiger partial charge in [-0.15, -0.1) is 0 Å². The molecule has 0 aliphatic carbocycles. The number of aryl methyl sites for hydroxylation is 1. The van der Waals surface area contributed by atoms with E-state index >= 15 is 0 Å². The van der Waals surface area contributed by atoms with Gasteiger partial charge in [0.25, 0.3) is 5.91 Å². The van der Waals surface area contributed by atoms with Crippen molar-refractivity contribution >= 4 is 33.7 Å². The van der Waals surface area contributed by atoms with E-state index in [0.717, 1.165) is 50.8 Å². The zero-order valence-electron chi connectivity index (χ0n) is 20.9. The van der Waals surface area contributed by atoms with Crippen LogP contribution in [0.5, 0.6) is 5.75 Å². The van der Waals surface area contributed by atoms with Crippen LogP contribution in [0.15, 0.2) is 89.9 Å². The van der Waals surface area contributed by atoms with E-state index in [2.05, 4.69) is 28.8 Å². The first-order chi connectivity index (χ1) is 17.3. The normalized spacial score (nSPS) is 12.9. The van der Waals surface area contributed by atoms with Gasteiger partial charge in [0, 0.05) is 11.3 Å². The molecule has 3 aromatic carbocycles. The summed E-state index contributed by atoms with van der Waals surface area (Å²) in [4.78, 5) is 17.5. The lowest BCUT2D eigenvalue weighted by molar-refractivity contribution is -0.126. The highest BCUT2D eigenvalue weighted by Crippen LogP contribution is 2.43. The molecule has 36 heavy (non-hydrogen) atoms. The van der Waals surface area contributed by atoms with Gasteiger partial charge in [-0.25, -0.2) is 4.68 Å². The molecular weight excluding hydrogens is 468 g/mol. The number of hydrogen-bond acceptors (Lipinski definition) is 4. The number of amidine groups is 1. The van der Waals surface area contributed by atoms with Crippen LogP contribution < -0.4 is 10.5 Å². The van der Waals surface area contributed by atoms with Gasteiger partial charge in [-0.1, -0.05) is 74.7 Å². The molecule has 1 atom stereocenters. The minimum atomic E-state index is -0.864. The molecule has 1 amide bonds. The van der Waals surface area contributed by atoms with Crippen molar-refractivity contribution in [3.05, 3.63) is 102 Å². The first-order valence-electron chi connectivity index (χ1n) is 11.6. The molecule has 0 radical (unpaired) electrons. The van der Waals surface area contributed by atoms with E-state index in [-0.39, 0.29) is 17.0 Å². The second kappa shape index (κ2) is 10.4. The number of carbonyl (C=O) groups is 1. The number of nitrogens with two attached hydrogens (primary N) is 1. The molecule has 1 heterocycles. The molecule has 0 fully saturated rings. The average Bonchev–Trinajstić information content (AvgIpc) is 3.27. The van der Waals surface area contributed by atoms with Gasteiger partial charge >= 0.3 is 0 Å². The maximum atomic E-state index is 13.3. The maximum absolute atomic E-state index is 13.3. The molecule has 0 aliphatic rings. The zero-order chi connectivity index (χ0) is 25.9. The van der Waals surface area contributed by atoms with Crippen LogP contribution in [-0.4, -0.2) is 28.0 Å². The fourth-order valence-corrected chi connectivity index (χ4v) is 4.84. The topological polar surface area (TPSA) is 82.5 Å². The van der Waals surface area contributed by atoms with Gasteiger partial charge in [0.05, 0.1) is 24.2 Å². The third kappa shape index (κ3) is 4.93. The van der Waals surface area contributed by atoms with E-state index in [1.165, 1.54) is 0 Å². The number of amides is 1. The van der Waals surface area contributed by atoms with Gasteiger partial charge in [-0.05, 0) is 53.3 Å². The van der Waals surface area contributed by atoms with Crippen molar-refractivity contribution in [1.29, 1.82) is 0 Å². The maximum Gasteiger partial charge on any atom is 0.254 e. The predicted molar refractivity (Wildman–Crippen MR) is 149 cm³/mol. The number of nitrogens with zero attached hydrogens (tertiary/aromatic N) is 3. The number of aromatic nitrogens is 2. The van der Waals surface area contributed by atoms with Crippen molar-refractivity contribution in [2.24, 2.45) is 16.1 Å². The lowest BCUT2D eigenvalue weighted by Crippen LogP contribution is -2.32. The number of aliphatic imine (C=N–C) groups is 1. The minimum Gasteiger partial charge on any atom is -0.494 e. The van der Waals surface area contributed by atoms with Gasteiger partial charge in [0.2, 0.25) is 0 Å². The molecule has 0 unspecified atom stereocenters. The van der Waals surface area contributed by atoms with E-state index in [1.807, 2.05) is 86.2 Å². The van der Waals surface area contributed by atoms with Crippen LogP contribution in [-0.2, 0) is 4.79 Å². The average molecular weight is 499 g/mol. The Balaban J connectivity index is 1.82. The van der Waals surface area contributed by atoms with E-state index < -0.39 is 5.41 Å². The van der Waals surface area contributed by atoms with E-state index in [0.29, 0.717) is 0 Å². The Morgan fingerprint density at radius 3 is 2.58 bits per heavy atom. The summed E-state index contributed by atoms with van der Waals surface area (Å²) in [7, 11) is 1.66. The summed E-state index contributed by atoms with van der Waals surface area (Å²) in [6.45, 7) is 9.49. The molecule has 0 bridgehead atoms. The van der Waals surface area contributed by atoms with E-state index in [4.69, 9.17) is 10.5 Å². The van der Waals surface area contributed by atoms with Crippen LogP contribution >= 0.6 is 11.8 Å². The Bertz CT molecular complexity index is 1440. The molecular formula is C29H30N4O2S. The third-order valence-electron chi connectivity index (χ3n) is 6.31. The molecule has 0 saturated heterocycles. The quantitative estimate of drug-likeness (QED) is 0.242. The van der Waals surface area contributed by atoms with Crippen LogP contribution in [0.2, 0.25) is 0 Å². The number of fused-ring (bicyclic) bond motifs is 1. The molecule has 184 valence electrons. The summed E-state index contributed by atoms with van der Waals surface area (Å²) in [6, 6.07) is 22.2. The molecule has 0 aliphatic heterocycles. The number of carbonyl (C=O) groups excluding carboxylic acids is 1. The highest BCUT2D eigenvalue weighted by molar-refractivity contribution is 8.16. The van der Waals surface area contributed by atoms with Gasteiger partial charge in [-0.2, -0.15) is 10.1 Å². The van der Waals surface area contributed by atoms with Gasteiger partial charge in [0.15, 0.2) is 5.17 Å². The Morgan fingerprint density at radius 2 is 1.89 bits per heavy atom.